The van der Waals surface area contributed by atoms with Crippen molar-refractivity contribution in [3.8, 4) is 11.0 Å². The predicted octanol–water partition coefficient (Wildman–Crippen LogP) is 3.46. The molecule has 2 aromatic rings. The Morgan fingerprint density at radius 3 is 2.93 bits per heavy atom. The van der Waals surface area contributed by atoms with Gasteiger partial charge in [-0.15, -0.1) is 17.0 Å². The molecule has 0 aliphatic rings. The number of nitrogens with zero attached hydrogens (tertiary/aromatic N) is 1. The summed E-state index contributed by atoms with van der Waals surface area (Å²) in [5, 5.41) is 0.463. The van der Waals surface area contributed by atoms with Crippen LogP contribution >= 0.6 is 36.2 Å². The standard InChI is InChI=1S/C8H4NO2PS.BrH/c10-12-5-11-8-9-6-3-1-2-4-7(6)13-8;/h1-4H;1H. The Bertz CT molecular complexity index is 503. The minimum absolute atomic E-state index is 0. The molecule has 3 nitrogen and oxygen atoms in total. The first kappa shape index (κ1) is 11.5. The molecule has 0 spiro atoms. The van der Waals surface area contributed by atoms with Crippen molar-refractivity contribution in [1.82, 2.24) is 4.98 Å². The molecule has 72 valence electrons. The van der Waals surface area contributed by atoms with E-state index in [9.17, 15) is 4.57 Å². The molecule has 0 saturated heterocycles. The topological polar surface area (TPSA) is 39.2 Å². The molecule has 1 aromatic heterocycles. The second-order valence-corrected chi connectivity index (χ2v) is 3.59. The van der Waals surface area contributed by atoms with Crippen LogP contribution in [0.1, 0.15) is 0 Å². The Labute approximate surface area is 96.0 Å². The molecule has 6 heteroatoms. The maximum atomic E-state index is 10.0. The predicted molar refractivity (Wildman–Crippen MR) is 62.1 cm³/mol. The van der Waals surface area contributed by atoms with Crippen LogP contribution in [-0.4, -0.2) is 4.98 Å². The summed E-state index contributed by atoms with van der Waals surface area (Å²) < 4.78 is 15.9. The van der Waals surface area contributed by atoms with Gasteiger partial charge in [0, 0.05) is 0 Å². The molecule has 0 N–H and O–H groups in total. The zero-order chi connectivity index (χ0) is 9.10. The van der Waals surface area contributed by atoms with Gasteiger partial charge in [-0.1, -0.05) is 0 Å². The summed E-state index contributed by atoms with van der Waals surface area (Å²) >= 11 is 1.40. The summed E-state index contributed by atoms with van der Waals surface area (Å²) in [6, 6.07) is 7.69. The molecule has 0 unspecified atom stereocenters. The zero-order valence-corrected chi connectivity index (χ0v) is 10.3. The monoisotopic (exact) mass is 289 g/mol. The van der Waals surface area contributed by atoms with E-state index in [0.717, 1.165) is 10.2 Å². The fraction of sp³-hybridized carbons (Fsp3) is 0. The molecule has 0 aliphatic heterocycles. The van der Waals surface area contributed by atoms with Gasteiger partial charge < -0.3 is 0 Å². The van der Waals surface area contributed by atoms with Crippen LogP contribution < -0.4 is 4.74 Å². The van der Waals surface area contributed by atoms with E-state index in [1.165, 1.54) is 11.3 Å². The second kappa shape index (κ2) is 5.32. The van der Waals surface area contributed by atoms with Crippen LogP contribution in [0, 0.1) is 5.81 Å². The Hall–Kier alpha value is -0.600. The van der Waals surface area contributed by atoms with Gasteiger partial charge in [0.05, 0.1) is 0 Å². The summed E-state index contributed by atoms with van der Waals surface area (Å²) in [6.07, 6.45) is 0. The molecule has 0 atom stereocenters. The second-order valence-electron chi connectivity index (χ2n) is 2.23. The molecular formula is C8H5BrNO2PS. The van der Waals surface area contributed by atoms with Gasteiger partial charge in [0.25, 0.3) is 0 Å². The van der Waals surface area contributed by atoms with Crippen molar-refractivity contribution in [2.24, 2.45) is 0 Å². The van der Waals surface area contributed by atoms with Crippen LogP contribution in [0.3, 0.4) is 0 Å². The number of hydrogen-bond acceptors (Lipinski definition) is 4. The molecular weight excluding hydrogens is 285 g/mol. The van der Waals surface area contributed by atoms with E-state index >= 15 is 0 Å². The Kier molecular flexibility index (Phi) is 4.36. The summed E-state index contributed by atoms with van der Waals surface area (Å²) in [5.41, 5.74) is 0.881. The summed E-state index contributed by atoms with van der Waals surface area (Å²) in [7, 11) is -0.267. The van der Waals surface area contributed by atoms with E-state index in [2.05, 4.69) is 10.8 Å². The first-order valence-electron chi connectivity index (χ1n) is 3.50. The van der Waals surface area contributed by atoms with Crippen LogP contribution in [-0.2, 0) is 4.57 Å². The molecule has 14 heavy (non-hydrogen) atoms. The van der Waals surface area contributed by atoms with E-state index in [1.807, 2.05) is 24.3 Å². The average Bonchev–Trinajstić information content (AvgIpc) is 2.57. The molecule has 0 amide bonds. The fourth-order valence-electron chi connectivity index (χ4n) is 0.952. The van der Waals surface area contributed by atoms with Crippen molar-refractivity contribution in [1.29, 1.82) is 0 Å². The van der Waals surface area contributed by atoms with Gasteiger partial charge in [0.1, 0.15) is 0 Å². The number of rotatable bonds is 1. The number of aromatic nitrogens is 1. The van der Waals surface area contributed by atoms with E-state index in [1.54, 1.807) is 0 Å². The Morgan fingerprint density at radius 2 is 2.21 bits per heavy atom. The normalized spacial score (nSPS) is 8.86. The number of hydrogen-bond donors (Lipinski definition) is 0. The first-order valence-corrected chi connectivity index (χ1v) is 5.13. The van der Waals surface area contributed by atoms with Crippen LogP contribution in [0.4, 0.5) is 0 Å². The number of para-hydroxylation sites is 1. The molecule has 1 heterocycles. The van der Waals surface area contributed by atoms with E-state index < -0.39 is 0 Å². The third-order valence-electron chi connectivity index (χ3n) is 1.44. The van der Waals surface area contributed by atoms with Gasteiger partial charge in [0.2, 0.25) is 0 Å². The Morgan fingerprint density at radius 1 is 1.43 bits per heavy atom. The van der Waals surface area contributed by atoms with Crippen molar-refractivity contribution in [2.75, 3.05) is 0 Å². The van der Waals surface area contributed by atoms with Crippen molar-refractivity contribution in [3.05, 3.63) is 24.3 Å². The molecule has 1 aromatic carbocycles. The number of halogens is 1. The van der Waals surface area contributed by atoms with Crippen LogP contribution in [0.5, 0.6) is 5.19 Å². The van der Waals surface area contributed by atoms with Gasteiger partial charge in [-0.25, -0.2) is 0 Å². The third kappa shape index (κ3) is 2.46. The molecule has 0 saturated carbocycles. The van der Waals surface area contributed by atoms with Crippen molar-refractivity contribution < 1.29 is 9.30 Å². The quantitative estimate of drug-likeness (QED) is 0.755. The summed E-state index contributed by atoms with van der Waals surface area (Å²) in [6.45, 7) is 0. The van der Waals surface area contributed by atoms with Gasteiger partial charge in [-0.2, -0.15) is 0 Å². The first-order chi connectivity index (χ1) is 6.40. The summed E-state index contributed by atoms with van der Waals surface area (Å²) in [5.74, 6) is 2.19. The van der Waals surface area contributed by atoms with E-state index in [0.29, 0.717) is 5.19 Å². The SMILES string of the molecule is Br.O=P#COc1nc2ccccc2s1. The average molecular weight is 290 g/mol. The molecule has 2 rings (SSSR count). The van der Waals surface area contributed by atoms with Crippen molar-refractivity contribution in [2.45, 2.75) is 0 Å². The van der Waals surface area contributed by atoms with Gasteiger partial charge >= 0.3 is 79.0 Å². The van der Waals surface area contributed by atoms with Crippen LogP contribution in [0.2, 0.25) is 0 Å². The number of thiazole rings is 1. The zero-order valence-electron chi connectivity index (χ0n) is 6.84. The van der Waals surface area contributed by atoms with Crippen LogP contribution in [0.25, 0.3) is 10.2 Å². The fourth-order valence-corrected chi connectivity index (χ4v) is 1.92. The maximum absolute atomic E-state index is 10.0. The van der Waals surface area contributed by atoms with Gasteiger partial charge in [-0.05, 0) is 0 Å². The molecule has 0 aliphatic carbocycles. The molecule has 0 radical (unpaired) electrons. The number of ether oxygens (including phenoxy) is 1. The van der Waals surface area contributed by atoms with E-state index in [4.69, 9.17) is 4.74 Å². The number of fused-ring (bicyclic) bond motifs is 1. The Balaban J connectivity index is 0.000000980. The minimum atomic E-state index is -0.267. The van der Waals surface area contributed by atoms with Gasteiger partial charge in [0.15, 0.2) is 0 Å². The number of benzene rings is 1. The molecule has 0 fully saturated rings. The van der Waals surface area contributed by atoms with Gasteiger partial charge in [-0.3, -0.25) is 0 Å². The third-order valence-corrected chi connectivity index (χ3v) is 2.52. The van der Waals surface area contributed by atoms with Crippen molar-refractivity contribution >= 4 is 46.5 Å². The van der Waals surface area contributed by atoms with E-state index in [-0.39, 0.29) is 24.9 Å². The molecule has 0 bridgehead atoms. The van der Waals surface area contributed by atoms with Crippen LogP contribution in [0.15, 0.2) is 24.3 Å². The van der Waals surface area contributed by atoms with Crippen molar-refractivity contribution in [3.63, 3.8) is 0 Å². The summed E-state index contributed by atoms with van der Waals surface area (Å²) in [4.78, 5) is 4.14.